The van der Waals surface area contributed by atoms with Crippen LogP contribution in [0.1, 0.15) is 11.3 Å². The van der Waals surface area contributed by atoms with Gasteiger partial charge >= 0.3 is 12.4 Å². The van der Waals surface area contributed by atoms with Crippen LogP contribution >= 0.6 is 11.8 Å². The number of ether oxygens (including phenoxy) is 1. The summed E-state index contributed by atoms with van der Waals surface area (Å²) in [6.45, 7) is -1.42. The minimum absolute atomic E-state index is 0.0235. The van der Waals surface area contributed by atoms with E-state index in [0.29, 0.717) is 5.56 Å². The number of aromatic nitrogens is 2. The molecule has 1 heterocycles. The van der Waals surface area contributed by atoms with Crippen LogP contribution in [0.3, 0.4) is 0 Å². The first kappa shape index (κ1) is 18.4. The Kier molecular flexibility index (Phi) is 5.58. The van der Waals surface area contributed by atoms with Gasteiger partial charge in [-0.15, -0.1) is 0 Å². The summed E-state index contributed by atoms with van der Waals surface area (Å²) < 4.78 is 78.6. The highest BCUT2D eigenvalue weighted by Gasteiger charge is 2.32. The number of thioether (sulfide) groups is 1. The summed E-state index contributed by atoms with van der Waals surface area (Å²) in [7, 11) is 0. The predicted molar refractivity (Wildman–Crippen MR) is 74.6 cm³/mol. The second-order valence-electron chi connectivity index (χ2n) is 4.56. The van der Waals surface area contributed by atoms with Crippen LogP contribution in [0.5, 0.6) is 5.75 Å². The molecule has 10 heteroatoms. The third-order valence-electron chi connectivity index (χ3n) is 2.59. The van der Waals surface area contributed by atoms with Gasteiger partial charge in [0.25, 0.3) is 0 Å². The molecule has 0 aliphatic heterocycles. The van der Waals surface area contributed by atoms with Crippen LogP contribution < -0.4 is 4.74 Å². The fourth-order valence-electron chi connectivity index (χ4n) is 1.61. The fraction of sp³-hybridized carbons (Fsp3) is 0.286. The van der Waals surface area contributed by atoms with Crippen molar-refractivity contribution in [2.45, 2.75) is 23.3 Å². The number of rotatable bonds is 5. The van der Waals surface area contributed by atoms with E-state index in [4.69, 9.17) is 0 Å². The van der Waals surface area contributed by atoms with Crippen molar-refractivity contribution >= 4 is 11.8 Å². The lowest BCUT2D eigenvalue weighted by Gasteiger charge is -2.10. The molecule has 1 aromatic carbocycles. The van der Waals surface area contributed by atoms with Gasteiger partial charge < -0.3 is 4.74 Å². The highest BCUT2D eigenvalue weighted by molar-refractivity contribution is 7.98. The normalized spacial score (nSPS) is 12.2. The Labute approximate surface area is 137 Å². The zero-order chi connectivity index (χ0) is 17.8. The van der Waals surface area contributed by atoms with E-state index in [-0.39, 0.29) is 16.7 Å². The van der Waals surface area contributed by atoms with Crippen molar-refractivity contribution in [3.05, 3.63) is 47.8 Å². The molecular weight excluding hydrogens is 358 g/mol. The Morgan fingerprint density at radius 3 is 2.46 bits per heavy atom. The van der Waals surface area contributed by atoms with Crippen molar-refractivity contribution < 1.29 is 31.1 Å². The molecule has 0 unspecified atom stereocenters. The maximum atomic E-state index is 12.6. The first-order valence-corrected chi connectivity index (χ1v) is 7.43. The second-order valence-corrected chi connectivity index (χ2v) is 5.50. The number of hydrogen-bond donors (Lipinski definition) is 0. The Morgan fingerprint density at radius 2 is 1.79 bits per heavy atom. The summed E-state index contributed by atoms with van der Waals surface area (Å²) in [5.74, 6) is 0.209. The standard InChI is InChI=1S/C14H10F6N2OS/c15-13(16,17)8-23-10-3-1-2-9(6-10)7-24-12-21-5-4-11(22-12)14(18,19)20/h1-6H,7-8H2. The van der Waals surface area contributed by atoms with Crippen molar-refractivity contribution in [2.75, 3.05) is 6.61 Å². The zero-order valence-corrected chi connectivity index (χ0v) is 12.7. The van der Waals surface area contributed by atoms with E-state index in [1.807, 2.05) is 0 Å². The molecule has 2 rings (SSSR count). The molecule has 0 bridgehead atoms. The molecule has 0 amide bonds. The molecule has 0 aliphatic carbocycles. The Bertz CT molecular complexity index is 689. The maximum absolute atomic E-state index is 12.6. The summed E-state index contributed by atoms with van der Waals surface area (Å²) in [5, 5.41) is -0.0774. The van der Waals surface area contributed by atoms with E-state index in [1.54, 1.807) is 6.07 Å². The lowest BCUT2D eigenvalue weighted by Crippen LogP contribution is -2.19. The van der Waals surface area contributed by atoms with E-state index in [1.165, 1.54) is 18.2 Å². The van der Waals surface area contributed by atoms with Crippen molar-refractivity contribution in [1.82, 2.24) is 9.97 Å². The predicted octanol–water partition coefficient (Wildman–Crippen LogP) is 4.73. The first-order chi connectivity index (χ1) is 11.1. The van der Waals surface area contributed by atoms with Gasteiger partial charge in [0.05, 0.1) is 0 Å². The van der Waals surface area contributed by atoms with E-state index in [2.05, 4.69) is 14.7 Å². The SMILES string of the molecule is FC(F)(F)COc1cccc(CSc2nccc(C(F)(F)F)n2)c1. The molecule has 0 fully saturated rings. The van der Waals surface area contributed by atoms with Crippen LogP contribution in [0.15, 0.2) is 41.7 Å². The van der Waals surface area contributed by atoms with Crippen molar-refractivity contribution in [3.63, 3.8) is 0 Å². The molecule has 0 spiro atoms. The molecule has 0 aliphatic rings. The van der Waals surface area contributed by atoms with Gasteiger partial charge in [0, 0.05) is 11.9 Å². The Hall–Kier alpha value is -1.97. The molecule has 130 valence electrons. The number of benzene rings is 1. The van der Waals surface area contributed by atoms with Crippen molar-refractivity contribution in [2.24, 2.45) is 0 Å². The van der Waals surface area contributed by atoms with E-state index in [9.17, 15) is 26.3 Å². The lowest BCUT2D eigenvalue weighted by atomic mass is 10.2. The fourth-order valence-corrected chi connectivity index (χ4v) is 2.38. The van der Waals surface area contributed by atoms with Crippen LogP contribution in [0.4, 0.5) is 26.3 Å². The highest BCUT2D eigenvalue weighted by atomic mass is 32.2. The Morgan fingerprint density at radius 1 is 1.04 bits per heavy atom. The third-order valence-corrected chi connectivity index (χ3v) is 3.53. The van der Waals surface area contributed by atoms with Gasteiger partial charge in [-0.1, -0.05) is 23.9 Å². The average Bonchev–Trinajstić information content (AvgIpc) is 2.50. The van der Waals surface area contributed by atoms with Crippen LogP contribution in [0.25, 0.3) is 0 Å². The molecule has 1 aromatic heterocycles. The average molecular weight is 368 g/mol. The largest absolute Gasteiger partial charge is 0.484 e. The van der Waals surface area contributed by atoms with Crippen molar-refractivity contribution in [3.8, 4) is 5.75 Å². The number of alkyl halides is 6. The minimum atomic E-state index is -4.57. The second kappa shape index (κ2) is 7.29. The maximum Gasteiger partial charge on any atom is 0.433 e. The molecule has 24 heavy (non-hydrogen) atoms. The summed E-state index contributed by atoms with van der Waals surface area (Å²) in [4.78, 5) is 7.13. The van der Waals surface area contributed by atoms with Gasteiger partial charge in [0.2, 0.25) is 0 Å². The van der Waals surface area contributed by atoms with Gasteiger partial charge in [-0.2, -0.15) is 26.3 Å². The number of nitrogens with zero attached hydrogens (tertiary/aromatic N) is 2. The van der Waals surface area contributed by atoms with Gasteiger partial charge in [-0.25, -0.2) is 9.97 Å². The lowest BCUT2D eigenvalue weighted by molar-refractivity contribution is -0.153. The van der Waals surface area contributed by atoms with E-state index in [0.717, 1.165) is 24.0 Å². The monoisotopic (exact) mass is 368 g/mol. The molecule has 0 radical (unpaired) electrons. The van der Waals surface area contributed by atoms with Crippen LogP contribution in [0.2, 0.25) is 0 Å². The summed E-state index contributed by atoms with van der Waals surface area (Å²) in [6, 6.07) is 6.61. The van der Waals surface area contributed by atoms with E-state index < -0.39 is 24.7 Å². The molecular formula is C14H10F6N2OS. The van der Waals surface area contributed by atoms with Gasteiger partial charge in [0.1, 0.15) is 11.4 Å². The number of hydrogen-bond acceptors (Lipinski definition) is 4. The zero-order valence-electron chi connectivity index (χ0n) is 11.9. The molecule has 0 saturated heterocycles. The smallest absolute Gasteiger partial charge is 0.433 e. The van der Waals surface area contributed by atoms with Gasteiger partial charge in [0.15, 0.2) is 11.8 Å². The van der Waals surface area contributed by atoms with Gasteiger partial charge in [-0.3, -0.25) is 0 Å². The topological polar surface area (TPSA) is 35.0 Å². The Balaban J connectivity index is 2.00. The molecule has 0 atom stereocenters. The molecule has 0 N–H and O–H groups in total. The highest BCUT2D eigenvalue weighted by Crippen LogP contribution is 2.29. The quantitative estimate of drug-likeness (QED) is 0.434. The molecule has 2 aromatic rings. The number of halogens is 6. The van der Waals surface area contributed by atoms with Crippen molar-refractivity contribution in [1.29, 1.82) is 0 Å². The van der Waals surface area contributed by atoms with Crippen LogP contribution in [0, 0.1) is 0 Å². The van der Waals surface area contributed by atoms with Crippen LogP contribution in [-0.2, 0) is 11.9 Å². The van der Waals surface area contributed by atoms with E-state index >= 15 is 0 Å². The minimum Gasteiger partial charge on any atom is -0.484 e. The van der Waals surface area contributed by atoms with Crippen LogP contribution in [-0.4, -0.2) is 22.8 Å². The first-order valence-electron chi connectivity index (χ1n) is 6.45. The summed E-state index contributed by atoms with van der Waals surface area (Å²) in [5.41, 5.74) is -0.483. The molecule has 0 saturated carbocycles. The molecule has 3 nitrogen and oxygen atoms in total. The summed E-state index contributed by atoms with van der Waals surface area (Å²) in [6.07, 6.45) is -8.01. The summed E-state index contributed by atoms with van der Waals surface area (Å²) >= 11 is 0.936. The van der Waals surface area contributed by atoms with Gasteiger partial charge in [-0.05, 0) is 23.8 Å². The third kappa shape index (κ3) is 5.91.